The molecule has 3 aromatic heterocycles. The first kappa shape index (κ1) is 23.2. The zero-order chi connectivity index (χ0) is 24.6. The van der Waals surface area contributed by atoms with Gasteiger partial charge in [0, 0.05) is 43.3 Å². The van der Waals surface area contributed by atoms with Crippen LogP contribution in [0.2, 0.25) is 0 Å². The zero-order valence-corrected chi connectivity index (χ0v) is 20.3. The topological polar surface area (TPSA) is 105 Å². The molecular weight excluding hydrogens is 469 g/mol. The van der Waals surface area contributed by atoms with E-state index in [9.17, 15) is 12.8 Å². The summed E-state index contributed by atoms with van der Waals surface area (Å²) in [4.78, 5) is 15.5. The molecule has 35 heavy (non-hydrogen) atoms. The molecule has 0 saturated carbocycles. The second-order valence-corrected chi connectivity index (χ2v) is 10.7. The highest BCUT2D eigenvalue weighted by atomic mass is 32.2. The Balaban J connectivity index is 1.33. The van der Waals surface area contributed by atoms with Gasteiger partial charge in [-0.3, -0.25) is 0 Å². The average Bonchev–Trinajstić information content (AvgIpc) is 3.29. The van der Waals surface area contributed by atoms with Crippen molar-refractivity contribution in [1.82, 2.24) is 24.6 Å². The van der Waals surface area contributed by atoms with E-state index >= 15 is 0 Å². The molecule has 0 amide bonds. The zero-order valence-electron chi connectivity index (χ0n) is 19.5. The second-order valence-electron chi connectivity index (χ2n) is 8.71. The molecule has 11 heteroatoms. The van der Waals surface area contributed by atoms with Crippen LogP contribution in [0, 0.1) is 5.82 Å². The number of anilines is 3. The number of imidazole rings is 1. The molecule has 0 bridgehead atoms. The Morgan fingerprint density at radius 3 is 2.49 bits per heavy atom. The van der Waals surface area contributed by atoms with Gasteiger partial charge in [-0.25, -0.2) is 32.3 Å². The second kappa shape index (κ2) is 9.21. The standard InChI is InChI=1S/C24H26FN7O2S/c1-3-16-13-27-24(28-14-16)31-10-7-17(8-11-31)21-15-26-23-20(6-9-29-32(21)23)30-18-4-5-22(19(25)12-18)35(2,33)34/h4-6,9,12-15,17,30H,3,7-8,10-11H2,1-2H3. The summed E-state index contributed by atoms with van der Waals surface area (Å²) in [5.74, 6) is 0.245. The van der Waals surface area contributed by atoms with Crippen molar-refractivity contribution < 1.29 is 12.8 Å². The first-order valence-electron chi connectivity index (χ1n) is 11.5. The molecule has 1 aliphatic rings. The quantitative estimate of drug-likeness (QED) is 0.431. The van der Waals surface area contributed by atoms with Gasteiger partial charge in [0.05, 0.1) is 23.8 Å². The third-order valence-electron chi connectivity index (χ3n) is 6.33. The number of nitrogens with zero attached hydrogens (tertiary/aromatic N) is 6. The molecule has 0 unspecified atom stereocenters. The van der Waals surface area contributed by atoms with Gasteiger partial charge >= 0.3 is 0 Å². The van der Waals surface area contributed by atoms with Crippen molar-refractivity contribution in [3.8, 4) is 0 Å². The van der Waals surface area contributed by atoms with Crippen LogP contribution in [-0.2, 0) is 16.3 Å². The van der Waals surface area contributed by atoms with Crippen LogP contribution in [0.1, 0.15) is 36.9 Å². The molecule has 9 nitrogen and oxygen atoms in total. The first-order valence-corrected chi connectivity index (χ1v) is 13.4. The van der Waals surface area contributed by atoms with E-state index in [1.807, 2.05) is 23.1 Å². The third-order valence-corrected chi connectivity index (χ3v) is 7.46. The van der Waals surface area contributed by atoms with Crippen LogP contribution in [0.15, 0.2) is 53.9 Å². The maximum Gasteiger partial charge on any atom is 0.225 e. The molecule has 0 radical (unpaired) electrons. The fourth-order valence-electron chi connectivity index (χ4n) is 4.39. The lowest BCUT2D eigenvalue weighted by Gasteiger charge is -2.31. The number of aromatic nitrogens is 5. The number of rotatable bonds is 6. The van der Waals surface area contributed by atoms with E-state index in [4.69, 9.17) is 0 Å². The Morgan fingerprint density at radius 1 is 1.09 bits per heavy atom. The number of nitrogens with one attached hydrogen (secondary N) is 1. The number of hydrogen-bond donors (Lipinski definition) is 1. The lowest BCUT2D eigenvalue weighted by Crippen LogP contribution is -2.34. The molecule has 1 aromatic carbocycles. The molecule has 0 aliphatic carbocycles. The van der Waals surface area contributed by atoms with Crippen LogP contribution < -0.4 is 10.2 Å². The summed E-state index contributed by atoms with van der Waals surface area (Å²) in [6.07, 6.45) is 11.0. The fraction of sp³-hybridized carbons (Fsp3) is 0.333. The Bertz CT molecular complexity index is 1460. The van der Waals surface area contributed by atoms with Gasteiger partial charge in [0.25, 0.3) is 0 Å². The normalized spacial score (nSPS) is 15.0. The van der Waals surface area contributed by atoms with Crippen LogP contribution in [0.3, 0.4) is 0 Å². The number of halogens is 1. The summed E-state index contributed by atoms with van der Waals surface area (Å²) < 4.78 is 39.5. The summed E-state index contributed by atoms with van der Waals surface area (Å²) in [5, 5.41) is 7.64. The summed E-state index contributed by atoms with van der Waals surface area (Å²) in [5.41, 5.74) is 3.84. The monoisotopic (exact) mass is 495 g/mol. The van der Waals surface area contributed by atoms with Crippen molar-refractivity contribution in [3.63, 3.8) is 0 Å². The number of piperidine rings is 1. The minimum atomic E-state index is -3.63. The van der Waals surface area contributed by atoms with Gasteiger partial charge in [-0.05, 0) is 49.1 Å². The molecule has 1 saturated heterocycles. The molecule has 4 heterocycles. The Hall–Kier alpha value is -3.60. The minimum absolute atomic E-state index is 0.283. The maximum absolute atomic E-state index is 14.3. The summed E-state index contributed by atoms with van der Waals surface area (Å²) in [6, 6.07) is 5.72. The lowest BCUT2D eigenvalue weighted by atomic mass is 9.94. The van der Waals surface area contributed by atoms with E-state index < -0.39 is 15.7 Å². The highest BCUT2D eigenvalue weighted by molar-refractivity contribution is 7.90. The number of benzene rings is 1. The third kappa shape index (κ3) is 4.68. The van der Waals surface area contributed by atoms with E-state index in [0.29, 0.717) is 17.0 Å². The van der Waals surface area contributed by atoms with Gasteiger partial charge in [-0.2, -0.15) is 5.10 Å². The van der Waals surface area contributed by atoms with Crippen molar-refractivity contribution >= 4 is 32.8 Å². The number of sulfone groups is 1. The lowest BCUT2D eigenvalue weighted by molar-refractivity contribution is 0.484. The van der Waals surface area contributed by atoms with Crippen molar-refractivity contribution in [2.24, 2.45) is 0 Å². The van der Waals surface area contributed by atoms with Crippen LogP contribution in [0.4, 0.5) is 21.7 Å². The Labute approximate surface area is 203 Å². The molecule has 1 N–H and O–H groups in total. The first-order chi connectivity index (χ1) is 16.8. The predicted molar refractivity (Wildman–Crippen MR) is 131 cm³/mol. The fourth-order valence-corrected chi connectivity index (χ4v) is 5.12. The van der Waals surface area contributed by atoms with Gasteiger partial charge in [0.2, 0.25) is 5.95 Å². The Morgan fingerprint density at radius 2 is 1.83 bits per heavy atom. The van der Waals surface area contributed by atoms with Gasteiger partial charge in [0.1, 0.15) is 10.7 Å². The van der Waals surface area contributed by atoms with E-state index in [2.05, 4.69) is 37.2 Å². The molecule has 1 aliphatic heterocycles. The van der Waals surface area contributed by atoms with Crippen LogP contribution >= 0.6 is 0 Å². The van der Waals surface area contributed by atoms with Gasteiger partial charge in [-0.15, -0.1) is 0 Å². The van der Waals surface area contributed by atoms with Crippen molar-refractivity contribution in [2.75, 3.05) is 29.6 Å². The Kier molecular flexibility index (Phi) is 6.10. The molecular formula is C24H26FN7O2S. The predicted octanol–water partition coefficient (Wildman–Crippen LogP) is 3.75. The van der Waals surface area contributed by atoms with Crippen LogP contribution in [0.25, 0.3) is 5.65 Å². The smallest absolute Gasteiger partial charge is 0.225 e. The van der Waals surface area contributed by atoms with E-state index in [1.54, 1.807) is 12.3 Å². The highest BCUT2D eigenvalue weighted by Gasteiger charge is 2.25. The van der Waals surface area contributed by atoms with E-state index in [0.717, 1.165) is 55.8 Å². The summed E-state index contributed by atoms with van der Waals surface area (Å²) in [7, 11) is -3.63. The van der Waals surface area contributed by atoms with Crippen molar-refractivity contribution in [1.29, 1.82) is 0 Å². The summed E-state index contributed by atoms with van der Waals surface area (Å²) in [6.45, 7) is 3.77. The maximum atomic E-state index is 14.3. The van der Waals surface area contributed by atoms with E-state index in [-0.39, 0.29) is 10.8 Å². The SMILES string of the molecule is CCc1cnc(N2CCC(c3cnc4c(Nc5ccc(S(C)(=O)=O)c(F)c5)ccnn34)CC2)nc1. The largest absolute Gasteiger partial charge is 0.352 e. The molecule has 1 fully saturated rings. The van der Waals surface area contributed by atoms with Gasteiger partial charge < -0.3 is 10.2 Å². The van der Waals surface area contributed by atoms with Crippen LogP contribution in [-0.4, -0.2) is 52.3 Å². The van der Waals surface area contributed by atoms with Gasteiger partial charge in [-0.1, -0.05) is 6.92 Å². The van der Waals surface area contributed by atoms with Crippen molar-refractivity contribution in [2.45, 2.75) is 37.0 Å². The molecule has 182 valence electrons. The molecule has 0 spiro atoms. The summed E-state index contributed by atoms with van der Waals surface area (Å²) >= 11 is 0. The van der Waals surface area contributed by atoms with E-state index in [1.165, 1.54) is 18.2 Å². The molecule has 4 aromatic rings. The average molecular weight is 496 g/mol. The van der Waals surface area contributed by atoms with Gasteiger partial charge in [0.15, 0.2) is 15.5 Å². The molecule has 5 rings (SSSR count). The molecule has 0 atom stereocenters. The minimum Gasteiger partial charge on any atom is -0.352 e. The van der Waals surface area contributed by atoms with Crippen molar-refractivity contribution in [3.05, 3.63) is 66.1 Å². The highest BCUT2D eigenvalue weighted by Crippen LogP contribution is 2.31. The van der Waals surface area contributed by atoms with Crippen LogP contribution in [0.5, 0.6) is 0 Å². The number of aryl methyl sites for hydroxylation is 1. The number of fused-ring (bicyclic) bond motifs is 1. The number of hydrogen-bond acceptors (Lipinski definition) is 8.